The van der Waals surface area contributed by atoms with Crippen LogP contribution in [0.5, 0.6) is 11.5 Å². The second-order valence-corrected chi connectivity index (χ2v) is 6.01. The number of aromatic nitrogens is 1. The zero-order valence-corrected chi connectivity index (χ0v) is 12.1. The molecule has 0 saturated carbocycles. The highest BCUT2D eigenvalue weighted by Gasteiger charge is 2.15. The van der Waals surface area contributed by atoms with E-state index in [1.807, 2.05) is 6.07 Å². The molecule has 3 rings (SSSR count). The first-order valence-corrected chi connectivity index (χ1v) is 7.23. The van der Waals surface area contributed by atoms with Gasteiger partial charge in [0.25, 0.3) is 0 Å². The van der Waals surface area contributed by atoms with Crippen LogP contribution in [0.25, 0.3) is 0 Å². The van der Waals surface area contributed by atoms with Gasteiger partial charge in [0.1, 0.15) is 13.2 Å². The van der Waals surface area contributed by atoms with Crippen LogP contribution in [-0.4, -0.2) is 18.2 Å². The molecule has 0 saturated heterocycles. The van der Waals surface area contributed by atoms with Crippen LogP contribution in [0, 0.1) is 0 Å². The van der Waals surface area contributed by atoms with Crippen LogP contribution in [0.2, 0.25) is 9.49 Å². The number of hydrogen-bond acceptors (Lipinski definition) is 5. The van der Waals surface area contributed by atoms with Gasteiger partial charge >= 0.3 is 0 Å². The quantitative estimate of drug-likeness (QED) is 0.934. The van der Waals surface area contributed by atoms with Crippen LogP contribution >= 0.6 is 34.5 Å². The van der Waals surface area contributed by atoms with Gasteiger partial charge < -0.3 is 14.8 Å². The fourth-order valence-electron chi connectivity index (χ4n) is 1.75. The van der Waals surface area contributed by atoms with Crippen molar-refractivity contribution in [1.82, 2.24) is 4.98 Å². The van der Waals surface area contributed by atoms with Gasteiger partial charge in [-0.2, -0.15) is 0 Å². The lowest BCUT2D eigenvalue weighted by Gasteiger charge is -2.20. The van der Waals surface area contributed by atoms with Gasteiger partial charge in [0, 0.05) is 23.2 Å². The van der Waals surface area contributed by atoms with E-state index in [9.17, 15) is 0 Å². The zero-order chi connectivity index (χ0) is 13.2. The van der Waals surface area contributed by atoms with Gasteiger partial charge in [0.15, 0.2) is 16.0 Å². The molecule has 1 aromatic carbocycles. The number of rotatable bonds is 3. The summed E-state index contributed by atoms with van der Waals surface area (Å²) in [4.78, 5) is 5.03. The third kappa shape index (κ3) is 2.88. The van der Waals surface area contributed by atoms with Gasteiger partial charge in [-0.05, 0) is 0 Å². The number of thiazole rings is 1. The van der Waals surface area contributed by atoms with Crippen molar-refractivity contribution in [3.63, 3.8) is 0 Å². The topological polar surface area (TPSA) is 43.4 Å². The monoisotopic (exact) mass is 316 g/mol. The summed E-state index contributed by atoms with van der Waals surface area (Å²) in [5, 5.41) is 3.83. The van der Waals surface area contributed by atoms with Crippen molar-refractivity contribution in [3.05, 3.63) is 32.7 Å². The number of nitrogens with zero attached hydrogens (tertiary/aromatic N) is 1. The minimum Gasteiger partial charge on any atom is -0.486 e. The van der Waals surface area contributed by atoms with Crippen molar-refractivity contribution < 1.29 is 9.47 Å². The summed E-state index contributed by atoms with van der Waals surface area (Å²) in [7, 11) is 0. The molecule has 100 valence electrons. The number of ether oxygens (including phenoxy) is 2. The van der Waals surface area contributed by atoms with Crippen LogP contribution in [-0.2, 0) is 6.54 Å². The first kappa shape index (κ1) is 12.8. The predicted molar refractivity (Wildman–Crippen MR) is 76.9 cm³/mol. The lowest BCUT2D eigenvalue weighted by molar-refractivity contribution is 0.171. The third-order valence-electron chi connectivity index (χ3n) is 2.61. The van der Waals surface area contributed by atoms with Crippen molar-refractivity contribution in [2.75, 3.05) is 18.5 Å². The zero-order valence-electron chi connectivity index (χ0n) is 9.78. The third-order valence-corrected chi connectivity index (χ3v) is 4.04. The molecule has 0 amide bonds. The molecular formula is C12H10Cl2N2O2S. The molecule has 1 aliphatic heterocycles. The Morgan fingerprint density at radius 2 is 1.95 bits per heavy atom. The largest absolute Gasteiger partial charge is 0.486 e. The molecule has 1 aromatic heterocycles. The fourth-order valence-corrected chi connectivity index (χ4v) is 2.89. The Kier molecular flexibility index (Phi) is 3.68. The standard InChI is InChI=1S/C12H10Cl2N2O2S/c13-8-3-10-11(18-2-1-17-10)4-9(8)15-5-7-6-16-12(14)19-7/h3-4,6,15H,1-2,5H2. The maximum atomic E-state index is 6.20. The van der Waals surface area contributed by atoms with Crippen LogP contribution in [0.3, 0.4) is 0 Å². The Morgan fingerprint density at radius 3 is 2.63 bits per heavy atom. The Hall–Kier alpha value is -1.17. The van der Waals surface area contributed by atoms with Crippen LogP contribution in [0.1, 0.15) is 4.88 Å². The fraction of sp³-hybridized carbons (Fsp3) is 0.250. The molecular weight excluding hydrogens is 307 g/mol. The van der Waals surface area contributed by atoms with Gasteiger partial charge in [-0.15, -0.1) is 11.3 Å². The van der Waals surface area contributed by atoms with Crippen molar-refractivity contribution in [3.8, 4) is 11.5 Å². The Bertz CT molecular complexity index is 603. The molecule has 0 unspecified atom stereocenters. The summed E-state index contributed by atoms with van der Waals surface area (Å²) in [6.07, 6.45) is 1.74. The van der Waals surface area contributed by atoms with E-state index in [0.29, 0.717) is 40.7 Å². The Balaban J connectivity index is 1.77. The summed E-state index contributed by atoms with van der Waals surface area (Å²) in [6, 6.07) is 3.61. The first-order chi connectivity index (χ1) is 9.22. The lowest BCUT2D eigenvalue weighted by Crippen LogP contribution is -2.15. The highest BCUT2D eigenvalue weighted by Crippen LogP contribution is 2.38. The molecule has 1 N–H and O–H groups in total. The summed E-state index contributed by atoms with van der Waals surface area (Å²) in [5.74, 6) is 1.39. The van der Waals surface area contributed by atoms with Crippen LogP contribution in [0.4, 0.5) is 5.69 Å². The number of anilines is 1. The van der Waals surface area contributed by atoms with E-state index in [1.165, 1.54) is 11.3 Å². The first-order valence-electron chi connectivity index (χ1n) is 5.65. The number of fused-ring (bicyclic) bond motifs is 1. The maximum Gasteiger partial charge on any atom is 0.183 e. The Morgan fingerprint density at radius 1 is 1.21 bits per heavy atom. The van der Waals surface area contributed by atoms with Gasteiger partial charge in [0.2, 0.25) is 0 Å². The van der Waals surface area contributed by atoms with E-state index < -0.39 is 0 Å². The molecule has 1 aliphatic rings. The average molecular weight is 317 g/mol. The highest BCUT2D eigenvalue weighted by molar-refractivity contribution is 7.15. The van der Waals surface area contributed by atoms with E-state index >= 15 is 0 Å². The molecule has 0 aliphatic carbocycles. The lowest BCUT2D eigenvalue weighted by atomic mass is 10.2. The van der Waals surface area contributed by atoms with E-state index in [-0.39, 0.29) is 0 Å². The van der Waals surface area contributed by atoms with Crippen molar-refractivity contribution in [2.45, 2.75) is 6.54 Å². The van der Waals surface area contributed by atoms with Crippen LogP contribution in [0.15, 0.2) is 18.3 Å². The number of halogens is 2. The highest BCUT2D eigenvalue weighted by atomic mass is 35.5. The van der Waals surface area contributed by atoms with E-state index in [0.717, 1.165) is 10.6 Å². The number of benzene rings is 1. The summed E-state index contributed by atoms with van der Waals surface area (Å²) in [5.41, 5.74) is 0.801. The molecule has 0 bridgehead atoms. The summed E-state index contributed by atoms with van der Waals surface area (Å²) in [6.45, 7) is 1.72. The molecule has 0 spiro atoms. The van der Waals surface area contributed by atoms with E-state index in [2.05, 4.69) is 10.3 Å². The van der Waals surface area contributed by atoms with Crippen molar-refractivity contribution in [1.29, 1.82) is 0 Å². The normalized spacial score (nSPS) is 13.4. The molecule has 4 nitrogen and oxygen atoms in total. The minimum absolute atomic E-state index is 0.532. The van der Waals surface area contributed by atoms with Gasteiger partial charge in [0.05, 0.1) is 17.3 Å². The van der Waals surface area contributed by atoms with Crippen molar-refractivity contribution in [2.24, 2.45) is 0 Å². The Labute approximate surface area is 124 Å². The average Bonchev–Trinajstić information content (AvgIpc) is 2.82. The number of hydrogen-bond donors (Lipinski definition) is 1. The van der Waals surface area contributed by atoms with Gasteiger partial charge in [-0.25, -0.2) is 4.98 Å². The molecule has 7 heteroatoms. The predicted octanol–water partition coefficient (Wildman–Crippen LogP) is 3.83. The second kappa shape index (κ2) is 5.45. The maximum absolute atomic E-state index is 6.20. The summed E-state index contributed by atoms with van der Waals surface area (Å²) < 4.78 is 11.5. The minimum atomic E-state index is 0.532. The van der Waals surface area contributed by atoms with Crippen molar-refractivity contribution >= 4 is 40.2 Å². The summed E-state index contributed by atoms with van der Waals surface area (Å²) >= 11 is 13.4. The molecule has 0 radical (unpaired) electrons. The van der Waals surface area contributed by atoms with E-state index in [4.69, 9.17) is 32.7 Å². The number of nitrogens with one attached hydrogen (secondary N) is 1. The van der Waals surface area contributed by atoms with Gasteiger partial charge in [-0.1, -0.05) is 23.2 Å². The molecule has 2 aromatic rings. The van der Waals surface area contributed by atoms with E-state index in [1.54, 1.807) is 12.3 Å². The molecule has 0 fully saturated rings. The molecule has 19 heavy (non-hydrogen) atoms. The smallest absolute Gasteiger partial charge is 0.183 e. The SMILES string of the molecule is Clc1ncc(CNc2cc3c(cc2Cl)OCCO3)s1. The van der Waals surface area contributed by atoms with Crippen LogP contribution < -0.4 is 14.8 Å². The second-order valence-electron chi connectivity index (χ2n) is 3.91. The molecule has 2 heterocycles. The van der Waals surface area contributed by atoms with Gasteiger partial charge in [-0.3, -0.25) is 0 Å². The molecule has 0 atom stereocenters.